The van der Waals surface area contributed by atoms with E-state index >= 15 is 0 Å². The molecule has 1 aromatic heterocycles. The van der Waals surface area contributed by atoms with Crippen molar-refractivity contribution in [3.05, 3.63) is 89.3 Å². The minimum Gasteiger partial charge on any atom is -0.507 e. The lowest BCUT2D eigenvalue weighted by Crippen LogP contribution is -2.38. The summed E-state index contributed by atoms with van der Waals surface area (Å²) in [5.74, 6) is -1.45. The average molecular weight is 487 g/mol. The van der Waals surface area contributed by atoms with E-state index in [-0.39, 0.29) is 11.3 Å². The monoisotopic (exact) mass is 486 g/mol. The van der Waals surface area contributed by atoms with Crippen LogP contribution >= 0.6 is 0 Å². The van der Waals surface area contributed by atoms with Gasteiger partial charge in [0.15, 0.2) is 0 Å². The Kier molecular flexibility index (Phi) is 6.97. The molecule has 0 radical (unpaired) electrons. The molecule has 1 N–H and O–H groups in total. The number of ketones is 1. The number of hydrogen-bond acceptors (Lipinski definition) is 6. The van der Waals surface area contributed by atoms with Crippen LogP contribution in [0.2, 0.25) is 0 Å². The van der Waals surface area contributed by atoms with E-state index in [2.05, 4.69) is 10.00 Å². The van der Waals surface area contributed by atoms with Gasteiger partial charge >= 0.3 is 0 Å². The Bertz CT molecular complexity index is 1260. The summed E-state index contributed by atoms with van der Waals surface area (Å²) in [6, 6.07) is 18.3. The highest BCUT2D eigenvalue weighted by Gasteiger charge is 2.46. The Balaban J connectivity index is 1.49. The number of aromatic nitrogens is 2. The highest BCUT2D eigenvalue weighted by Crippen LogP contribution is 2.40. The van der Waals surface area contributed by atoms with Crippen molar-refractivity contribution in [3.63, 3.8) is 0 Å². The number of amides is 1. The van der Waals surface area contributed by atoms with Crippen LogP contribution in [0.5, 0.6) is 0 Å². The number of benzene rings is 2. The first-order valence-electron chi connectivity index (χ1n) is 12.3. The molecule has 0 spiro atoms. The summed E-state index contributed by atoms with van der Waals surface area (Å²) in [7, 11) is 0. The normalized spacial score (nSPS) is 20.2. The zero-order chi connectivity index (χ0) is 25.1. The molecule has 0 saturated carbocycles. The van der Waals surface area contributed by atoms with Gasteiger partial charge in [0.1, 0.15) is 5.76 Å². The van der Waals surface area contributed by atoms with E-state index in [9.17, 15) is 14.7 Å². The Hall–Kier alpha value is -3.75. The summed E-state index contributed by atoms with van der Waals surface area (Å²) in [5.41, 5.74) is 2.86. The van der Waals surface area contributed by atoms with Crippen LogP contribution in [0, 0.1) is 6.92 Å². The van der Waals surface area contributed by atoms with E-state index in [1.165, 1.54) is 0 Å². The second kappa shape index (κ2) is 10.5. The third-order valence-corrected chi connectivity index (χ3v) is 6.90. The first-order chi connectivity index (χ1) is 17.6. The molecule has 5 rings (SSSR count). The standard InChI is InChI=1S/C28H30N4O4/c1-20-23(19-29-32(20)22-11-6-3-7-12-22)26(33)24-25(21-9-4-2-5-10-21)31(28(35)27(24)34)14-8-13-30-15-17-36-18-16-30/h2-7,9-12,19,25,33H,8,13-18H2,1H3/t25-/m0/s1. The van der Waals surface area contributed by atoms with Crippen molar-refractivity contribution in [2.24, 2.45) is 0 Å². The highest BCUT2D eigenvalue weighted by atomic mass is 16.5. The molecule has 1 atom stereocenters. The molecule has 3 aromatic rings. The van der Waals surface area contributed by atoms with E-state index in [0.29, 0.717) is 31.0 Å². The van der Waals surface area contributed by atoms with Gasteiger partial charge in [-0.05, 0) is 31.0 Å². The number of nitrogens with zero attached hydrogens (tertiary/aromatic N) is 4. The van der Waals surface area contributed by atoms with Gasteiger partial charge in [-0.1, -0.05) is 48.5 Å². The number of aliphatic hydroxyl groups is 1. The van der Waals surface area contributed by atoms with Crippen molar-refractivity contribution in [2.45, 2.75) is 19.4 Å². The van der Waals surface area contributed by atoms with Crippen LogP contribution in [-0.2, 0) is 14.3 Å². The maximum atomic E-state index is 13.3. The van der Waals surface area contributed by atoms with Gasteiger partial charge < -0.3 is 14.7 Å². The molecule has 8 heteroatoms. The second-order valence-electron chi connectivity index (χ2n) is 9.10. The number of morpholine rings is 1. The molecular weight excluding hydrogens is 456 g/mol. The lowest BCUT2D eigenvalue weighted by Gasteiger charge is -2.29. The van der Waals surface area contributed by atoms with Crippen molar-refractivity contribution in [2.75, 3.05) is 39.4 Å². The summed E-state index contributed by atoms with van der Waals surface area (Å²) in [6.07, 6.45) is 2.27. The Morgan fingerprint density at radius 2 is 1.67 bits per heavy atom. The van der Waals surface area contributed by atoms with Crippen LogP contribution in [0.15, 0.2) is 72.4 Å². The molecule has 2 aromatic carbocycles. The largest absolute Gasteiger partial charge is 0.507 e. The summed E-state index contributed by atoms with van der Waals surface area (Å²) >= 11 is 0. The topological polar surface area (TPSA) is 87.9 Å². The molecule has 2 fully saturated rings. The van der Waals surface area contributed by atoms with Gasteiger partial charge in [0, 0.05) is 26.2 Å². The van der Waals surface area contributed by atoms with Gasteiger partial charge in [-0.15, -0.1) is 0 Å². The Morgan fingerprint density at radius 1 is 1.00 bits per heavy atom. The van der Waals surface area contributed by atoms with Crippen molar-refractivity contribution in [1.29, 1.82) is 0 Å². The van der Waals surface area contributed by atoms with Crippen LogP contribution in [-0.4, -0.2) is 75.8 Å². The number of carbonyl (C=O) groups is 2. The lowest BCUT2D eigenvalue weighted by atomic mass is 9.95. The van der Waals surface area contributed by atoms with Gasteiger partial charge in [-0.25, -0.2) is 4.68 Å². The zero-order valence-corrected chi connectivity index (χ0v) is 20.3. The lowest BCUT2D eigenvalue weighted by molar-refractivity contribution is -0.140. The molecule has 2 saturated heterocycles. The second-order valence-corrected chi connectivity index (χ2v) is 9.10. The van der Waals surface area contributed by atoms with Gasteiger partial charge in [-0.3, -0.25) is 14.5 Å². The van der Waals surface area contributed by atoms with E-state index < -0.39 is 17.7 Å². The predicted molar refractivity (Wildman–Crippen MR) is 136 cm³/mol. The highest BCUT2D eigenvalue weighted by molar-refractivity contribution is 6.46. The van der Waals surface area contributed by atoms with E-state index in [0.717, 1.165) is 37.3 Å². The maximum absolute atomic E-state index is 13.3. The third kappa shape index (κ3) is 4.57. The van der Waals surface area contributed by atoms with Crippen LogP contribution in [0.1, 0.15) is 29.3 Å². The fourth-order valence-corrected chi connectivity index (χ4v) is 5.00. The van der Waals surface area contributed by atoms with Gasteiger partial charge in [0.2, 0.25) is 0 Å². The number of Topliss-reactive ketones (excluding diaryl/α,β-unsaturated/α-hetero) is 1. The van der Waals surface area contributed by atoms with Crippen LogP contribution in [0.25, 0.3) is 11.4 Å². The van der Waals surface area contributed by atoms with Gasteiger partial charge in [-0.2, -0.15) is 5.10 Å². The van der Waals surface area contributed by atoms with Crippen molar-refractivity contribution >= 4 is 17.4 Å². The van der Waals surface area contributed by atoms with E-state index in [4.69, 9.17) is 4.74 Å². The number of ether oxygens (including phenoxy) is 1. The molecule has 36 heavy (non-hydrogen) atoms. The van der Waals surface area contributed by atoms with Gasteiger partial charge in [0.05, 0.1) is 48.0 Å². The molecule has 2 aliphatic heterocycles. The quantitative estimate of drug-likeness (QED) is 0.313. The summed E-state index contributed by atoms with van der Waals surface area (Å²) in [6.45, 7) is 6.23. The number of para-hydroxylation sites is 1. The summed E-state index contributed by atoms with van der Waals surface area (Å²) < 4.78 is 7.13. The summed E-state index contributed by atoms with van der Waals surface area (Å²) in [5, 5.41) is 15.9. The SMILES string of the molecule is Cc1c(C(O)=C2C(=O)C(=O)N(CCCN3CCOCC3)[C@H]2c2ccccc2)cnn1-c1ccccc1. The molecule has 1 amide bonds. The Morgan fingerprint density at radius 3 is 2.36 bits per heavy atom. The minimum absolute atomic E-state index is 0.105. The number of rotatable bonds is 7. The van der Waals surface area contributed by atoms with Crippen LogP contribution in [0.3, 0.4) is 0 Å². The molecule has 2 aliphatic rings. The Labute approximate surface area is 210 Å². The van der Waals surface area contributed by atoms with E-state index in [1.54, 1.807) is 15.8 Å². The number of carbonyl (C=O) groups excluding carboxylic acids is 2. The number of hydrogen-bond donors (Lipinski definition) is 1. The van der Waals surface area contributed by atoms with Gasteiger partial charge in [0.25, 0.3) is 11.7 Å². The molecule has 0 bridgehead atoms. The zero-order valence-electron chi connectivity index (χ0n) is 20.3. The average Bonchev–Trinajstić information content (AvgIpc) is 3.42. The molecule has 0 unspecified atom stereocenters. The first kappa shape index (κ1) is 24.0. The molecule has 0 aliphatic carbocycles. The van der Waals surface area contributed by atoms with Crippen molar-refractivity contribution < 1.29 is 19.4 Å². The number of likely N-dealkylation sites (tertiary alicyclic amines) is 1. The fourth-order valence-electron chi connectivity index (χ4n) is 5.00. The maximum Gasteiger partial charge on any atom is 0.295 e. The molecule has 3 heterocycles. The van der Waals surface area contributed by atoms with Crippen molar-refractivity contribution in [3.8, 4) is 5.69 Å². The minimum atomic E-state index is -0.667. The fraction of sp³-hybridized carbons (Fsp3) is 0.321. The number of aliphatic hydroxyl groups excluding tert-OH is 1. The third-order valence-electron chi connectivity index (χ3n) is 6.90. The van der Waals surface area contributed by atoms with Crippen molar-refractivity contribution in [1.82, 2.24) is 19.6 Å². The predicted octanol–water partition coefficient (Wildman–Crippen LogP) is 3.32. The van der Waals surface area contributed by atoms with E-state index in [1.807, 2.05) is 67.6 Å². The molecular formula is C28H30N4O4. The van der Waals surface area contributed by atoms with Crippen LogP contribution < -0.4 is 0 Å². The molecule has 8 nitrogen and oxygen atoms in total. The smallest absolute Gasteiger partial charge is 0.295 e. The molecule has 186 valence electrons. The first-order valence-corrected chi connectivity index (χ1v) is 12.3. The summed E-state index contributed by atoms with van der Waals surface area (Å²) in [4.78, 5) is 30.4. The van der Waals surface area contributed by atoms with Crippen LogP contribution in [0.4, 0.5) is 0 Å².